The second-order valence-corrected chi connectivity index (χ2v) is 8.06. The van der Waals surface area contributed by atoms with Crippen LogP contribution in [0, 0.1) is 5.41 Å². The number of piperidine rings is 1. The van der Waals surface area contributed by atoms with Gasteiger partial charge in [0.05, 0.1) is 18.4 Å². The predicted octanol–water partition coefficient (Wildman–Crippen LogP) is 2.93. The highest BCUT2D eigenvalue weighted by atomic mass is 35.5. The van der Waals surface area contributed by atoms with Crippen LogP contribution in [-0.2, 0) is 6.54 Å². The number of pyridine rings is 2. The van der Waals surface area contributed by atoms with E-state index in [4.69, 9.17) is 0 Å². The van der Waals surface area contributed by atoms with Gasteiger partial charge in [-0.3, -0.25) is 9.78 Å². The monoisotopic (exact) mass is 448 g/mol. The summed E-state index contributed by atoms with van der Waals surface area (Å²) >= 11 is 0. The number of imidazole rings is 1. The molecule has 0 aromatic carbocycles. The fraction of sp³-hybridized carbons (Fsp3) is 0.429. The van der Waals surface area contributed by atoms with Gasteiger partial charge >= 0.3 is 0 Å². The number of aromatic nitrogens is 4. The molecule has 0 saturated carbocycles. The second-order valence-electron chi connectivity index (χ2n) is 8.06. The van der Waals surface area contributed by atoms with Crippen LogP contribution in [0.1, 0.15) is 35.2 Å². The van der Waals surface area contributed by atoms with E-state index in [1.165, 1.54) is 6.42 Å². The lowest BCUT2D eigenvalue weighted by Crippen LogP contribution is -2.47. The molecule has 9 heteroatoms. The lowest BCUT2D eigenvalue weighted by atomic mass is 9.79. The lowest BCUT2D eigenvalue weighted by Gasteiger charge is -2.40. The van der Waals surface area contributed by atoms with Crippen LogP contribution < -0.4 is 5.32 Å². The summed E-state index contributed by atoms with van der Waals surface area (Å²) in [7, 11) is 0. The van der Waals surface area contributed by atoms with E-state index in [0.717, 1.165) is 55.7 Å². The summed E-state index contributed by atoms with van der Waals surface area (Å²) < 4.78 is 1.99. The number of nitrogens with one attached hydrogen (secondary N) is 1. The van der Waals surface area contributed by atoms with Crippen molar-refractivity contribution < 1.29 is 4.79 Å². The van der Waals surface area contributed by atoms with Crippen LogP contribution in [0.5, 0.6) is 0 Å². The highest BCUT2D eigenvalue weighted by molar-refractivity contribution is 5.96. The van der Waals surface area contributed by atoms with Crippen molar-refractivity contribution in [3.8, 4) is 0 Å². The highest BCUT2D eigenvalue weighted by Gasteiger charge is 2.39. The van der Waals surface area contributed by atoms with Crippen molar-refractivity contribution in [2.24, 2.45) is 5.41 Å². The summed E-state index contributed by atoms with van der Waals surface area (Å²) in [6, 6.07) is 5.82. The number of hydrogen-bond donors (Lipinski definition) is 1. The maximum atomic E-state index is 13.1. The van der Waals surface area contributed by atoms with Gasteiger partial charge in [-0.15, -0.1) is 24.8 Å². The average Bonchev–Trinajstić information content (AvgIpc) is 3.35. The molecule has 160 valence electrons. The first-order valence-electron chi connectivity index (χ1n) is 9.92. The Kier molecular flexibility index (Phi) is 6.95. The second kappa shape index (κ2) is 9.29. The number of hydrogen-bond acceptors (Lipinski definition) is 5. The van der Waals surface area contributed by atoms with Gasteiger partial charge in [0, 0.05) is 43.6 Å². The first kappa shape index (κ1) is 22.5. The fourth-order valence-corrected chi connectivity index (χ4v) is 4.58. The molecule has 1 amide bonds. The van der Waals surface area contributed by atoms with E-state index in [-0.39, 0.29) is 36.1 Å². The van der Waals surface area contributed by atoms with E-state index < -0.39 is 0 Å². The van der Waals surface area contributed by atoms with Crippen LogP contribution in [0.15, 0.2) is 43.1 Å². The molecule has 2 saturated heterocycles. The number of likely N-dealkylation sites (tertiary alicyclic amines) is 1. The third-order valence-corrected chi connectivity index (χ3v) is 6.06. The molecule has 1 unspecified atom stereocenters. The summed E-state index contributed by atoms with van der Waals surface area (Å²) in [5, 5.41) is 3.46. The molecule has 7 nitrogen and oxygen atoms in total. The average molecular weight is 449 g/mol. The minimum atomic E-state index is 0. The van der Waals surface area contributed by atoms with Gasteiger partial charge in [0.2, 0.25) is 0 Å². The Morgan fingerprint density at radius 3 is 2.87 bits per heavy atom. The van der Waals surface area contributed by atoms with Gasteiger partial charge in [0.15, 0.2) is 5.65 Å². The largest absolute Gasteiger partial charge is 0.338 e. The van der Waals surface area contributed by atoms with Crippen LogP contribution in [0.3, 0.4) is 0 Å². The molecule has 5 rings (SSSR count). The zero-order valence-corrected chi connectivity index (χ0v) is 18.3. The maximum Gasteiger partial charge on any atom is 0.255 e. The number of amides is 1. The number of carbonyl (C=O) groups excluding carboxylic acids is 1. The molecular formula is C21H26Cl2N6O. The number of nitrogens with zero attached hydrogens (tertiary/aromatic N) is 5. The topological polar surface area (TPSA) is 75.9 Å². The van der Waals surface area contributed by atoms with Gasteiger partial charge in [0.25, 0.3) is 5.91 Å². The molecule has 3 aromatic rings. The minimum absolute atomic E-state index is 0. The fourth-order valence-electron chi connectivity index (χ4n) is 4.58. The van der Waals surface area contributed by atoms with Crippen LogP contribution in [0.25, 0.3) is 11.2 Å². The van der Waals surface area contributed by atoms with E-state index in [1.54, 1.807) is 18.7 Å². The standard InChI is InChI=1S/C21H24N6O.2ClH/c28-20(26-8-2-4-21(14-26)5-7-23-13-21)17-9-18-19(24-11-17)27(15-25-18)12-16-3-1-6-22-10-16;;/h1,3,6,9-11,15,23H,2,4-5,7-8,12-14H2;2*1H. The van der Waals surface area contributed by atoms with Crippen molar-refractivity contribution in [3.63, 3.8) is 0 Å². The molecule has 3 aromatic heterocycles. The smallest absolute Gasteiger partial charge is 0.255 e. The number of rotatable bonds is 3. The normalized spacial score (nSPS) is 20.7. The SMILES string of the molecule is Cl.Cl.O=C(c1cnc2c(c1)ncn2Cc1cccnc1)N1CCCC2(CCNC2)C1. The maximum absolute atomic E-state index is 13.1. The predicted molar refractivity (Wildman–Crippen MR) is 120 cm³/mol. The van der Waals surface area contributed by atoms with Crippen molar-refractivity contribution >= 4 is 41.9 Å². The Balaban J connectivity index is 0.00000128. The van der Waals surface area contributed by atoms with Crippen LogP contribution >= 0.6 is 24.8 Å². The Bertz CT molecular complexity index is 1000. The Labute approximate surface area is 188 Å². The molecule has 1 spiro atoms. The molecular weight excluding hydrogens is 423 g/mol. The Hall–Kier alpha value is -2.22. The van der Waals surface area contributed by atoms with Crippen LogP contribution in [0.2, 0.25) is 0 Å². The van der Waals surface area contributed by atoms with E-state index in [0.29, 0.717) is 12.1 Å². The van der Waals surface area contributed by atoms with Crippen LogP contribution in [0.4, 0.5) is 0 Å². The first-order valence-corrected chi connectivity index (χ1v) is 9.92. The van der Waals surface area contributed by atoms with Gasteiger partial charge in [-0.1, -0.05) is 6.07 Å². The third-order valence-electron chi connectivity index (χ3n) is 6.06. The molecule has 2 aliphatic heterocycles. The van der Waals surface area contributed by atoms with Gasteiger partial charge in [0.1, 0.15) is 5.52 Å². The van der Waals surface area contributed by atoms with E-state index >= 15 is 0 Å². The molecule has 1 N–H and O–H groups in total. The molecule has 5 heterocycles. The van der Waals surface area contributed by atoms with Crippen LogP contribution in [-0.4, -0.2) is 56.5 Å². The number of fused-ring (bicyclic) bond motifs is 1. The molecule has 2 aliphatic rings. The van der Waals surface area contributed by atoms with E-state index in [9.17, 15) is 4.79 Å². The zero-order chi connectivity index (χ0) is 19.0. The summed E-state index contributed by atoms with van der Waals surface area (Å²) in [6.45, 7) is 4.41. The number of halogens is 2. The minimum Gasteiger partial charge on any atom is -0.338 e. The van der Waals surface area contributed by atoms with Crippen molar-refractivity contribution in [2.45, 2.75) is 25.8 Å². The van der Waals surface area contributed by atoms with Crippen molar-refractivity contribution in [3.05, 3.63) is 54.2 Å². The molecule has 0 radical (unpaired) electrons. The van der Waals surface area contributed by atoms with Crippen molar-refractivity contribution in [2.75, 3.05) is 26.2 Å². The van der Waals surface area contributed by atoms with Gasteiger partial charge < -0.3 is 14.8 Å². The third kappa shape index (κ3) is 4.29. The Morgan fingerprint density at radius 2 is 2.10 bits per heavy atom. The first-order chi connectivity index (χ1) is 13.7. The number of carbonyl (C=O) groups is 1. The lowest BCUT2D eigenvalue weighted by molar-refractivity contribution is 0.0553. The van der Waals surface area contributed by atoms with Gasteiger partial charge in [-0.25, -0.2) is 9.97 Å². The van der Waals surface area contributed by atoms with E-state index in [2.05, 4.69) is 20.3 Å². The molecule has 0 bridgehead atoms. The summed E-state index contributed by atoms with van der Waals surface area (Å²) in [6.07, 6.45) is 10.5. The molecule has 2 fully saturated rings. The summed E-state index contributed by atoms with van der Waals surface area (Å²) in [4.78, 5) is 28.3. The van der Waals surface area contributed by atoms with Crippen molar-refractivity contribution in [1.29, 1.82) is 0 Å². The summed E-state index contributed by atoms with van der Waals surface area (Å²) in [5.74, 6) is 0.0715. The van der Waals surface area contributed by atoms with E-state index in [1.807, 2.05) is 33.9 Å². The summed E-state index contributed by atoms with van der Waals surface area (Å²) in [5.41, 5.74) is 3.52. The zero-order valence-electron chi connectivity index (χ0n) is 16.7. The molecule has 30 heavy (non-hydrogen) atoms. The Morgan fingerprint density at radius 1 is 1.20 bits per heavy atom. The highest BCUT2D eigenvalue weighted by Crippen LogP contribution is 2.36. The molecule has 0 aliphatic carbocycles. The van der Waals surface area contributed by atoms with Gasteiger partial charge in [-0.2, -0.15) is 0 Å². The molecule has 1 atom stereocenters. The van der Waals surface area contributed by atoms with Crippen molar-refractivity contribution in [1.82, 2.24) is 29.7 Å². The quantitative estimate of drug-likeness (QED) is 0.666. The van der Waals surface area contributed by atoms with Gasteiger partial charge in [-0.05, 0) is 43.5 Å².